The standard InChI is InChI=1S/C13H25NO3/c1-10(2)13-7-11(3-4-17-13)14-8-12-9-15-5-6-16-12/h10-14H,3-9H2,1-2H3. The van der Waals surface area contributed by atoms with Crippen molar-refractivity contribution in [3.63, 3.8) is 0 Å². The van der Waals surface area contributed by atoms with Gasteiger partial charge in [-0.25, -0.2) is 0 Å². The number of rotatable bonds is 4. The van der Waals surface area contributed by atoms with Crippen molar-refractivity contribution >= 4 is 0 Å². The van der Waals surface area contributed by atoms with E-state index in [-0.39, 0.29) is 6.10 Å². The fourth-order valence-corrected chi connectivity index (χ4v) is 2.43. The number of ether oxygens (including phenoxy) is 3. The highest BCUT2D eigenvalue weighted by molar-refractivity contribution is 4.80. The predicted octanol–water partition coefficient (Wildman–Crippen LogP) is 1.19. The lowest BCUT2D eigenvalue weighted by Crippen LogP contribution is -2.45. The van der Waals surface area contributed by atoms with Crippen molar-refractivity contribution in [2.45, 2.75) is 44.9 Å². The first-order valence-electron chi connectivity index (χ1n) is 6.80. The van der Waals surface area contributed by atoms with Crippen LogP contribution >= 0.6 is 0 Å². The van der Waals surface area contributed by atoms with E-state index in [0.29, 0.717) is 18.1 Å². The third kappa shape index (κ3) is 4.21. The van der Waals surface area contributed by atoms with Gasteiger partial charge in [-0.3, -0.25) is 0 Å². The van der Waals surface area contributed by atoms with Crippen LogP contribution in [0.2, 0.25) is 0 Å². The maximum absolute atomic E-state index is 5.77. The maximum atomic E-state index is 5.77. The van der Waals surface area contributed by atoms with E-state index in [1.165, 1.54) is 0 Å². The summed E-state index contributed by atoms with van der Waals surface area (Å²) in [6.07, 6.45) is 2.86. The molecule has 0 aromatic carbocycles. The summed E-state index contributed by atoms with van der Waals surface area (Å²) < 4.78 is 16.8. The second-order valence-corrected chi connectivity index (χ2v) is 5.35. The Hall–Kier alpha value is -0.160. The first-order valence-corrected chi connectivity index (χ1v) is 6.80. The molecule has 3 atom stereocenters. The lowest BCUT2D eigenvalue weighted by Gasteiger charge is -2.33. The van der Waals surface area contributed by atoms with E-state index in [1.807, 2.05) is 0 Å². The Labute approximate surface area is 104 Å². The van der Waals surface area contributed by atoms with Crippen LogP contribution in [0.25, 0.3) is 0 Å². The molecule has 3 unspecified atom stereocenters. The first-order chi connectivity index (χ1) is 8.25. The molecule has 4 nitrogen and oxygen atoms in total. The highest BCUT2D eigenvalue weighted by atomic mass is 16.6. The lowest BCUT2D eigenvalue weighted by atomic mass is 9.95. The second-order valence-electron chi connectivity index (χ2n) is 5.35. The van der Waals surface area contributed by atoms with E-state index >= 15 is 0 Å². The SMILES string of the molecule is CC(C)C1CC(NCC2COCCO2)CCO1. The van der Waals surface area contributed by atoms with Gasteiger partial charge >= 0.3 is 0 Å². The normalized spacial score (nSPS) is 35.1. The summed E-state index contributed by atoms with van der Waals surface area (Å²) in [6.45, 7) is 8.43. The molecule has 0 spiro atoms. The van der Waals surface area contributed by atoms with E-state index in [9.17, 15) is 0 Å². The van der Waals surface area contributed by atoms with Crippen LogP contribution in [0.3, 0.4) is 0 Å². The Morgan fingerprint density at radius 1 is 1.18 bits per heavy atom. The third-order valence-electron chi connectivity index (χ3n) is 3.58. The molecule has 17 heavy (non-hydrogen) atoms. The molecular weight excluding hydrogens is 218 g/mol. The Kier molecular flexibility index (Phi) is 5.22. The molecule has 4 heteroatoms. The molecular formula is C13H25NO3. The minimum atomic E-state index is 0.226. The minimum Gasteiger partial charge on any atom is -0.378 e. The van der Waals surface area contributed by atoms with Crippen LogP contribution in [-0.4, -0.2) is 51.2 Å². The van der Waals surface area contributed by atoms with Gasteiger partial charge in [0.15, 0.2) is 0 Å². The fourth-order valence-electron chi connectivity index (χ4n) is 2.43. The van der Waals surface area contributed by atoms with Crippen LogP contribution in [0, 0.1) is 5.92 Å². The summed E-state index contributed by atoms with van der Waals surface area (Å²) in [5.41, 5.74) is 0. The zero-order chi connectivity index (χ0) is 12.1. The molecule has 0 radical (unpaired) electrons. The summed E-state index contributed by atoms with van der Waals surface area (Å²) >= 11 is 0. The van der Waals surface area contributed by atoms with Gasteiger partial charge in [0.1, 0.15) is 0 Å². The van der Waals surface area contributed by atoms with Gasteiger partial charge in [0.05, 0.1) is 32.0 Å². The largest absolute Gasteiger partial charge is 0.378 e. The maximum Gasteiger partial charge on any atom is 0.0933 e. The van der Waals surface area contributed by atoms with E-state index in [0.717, 1.165) is 45.8 Å². The number of hydrogen-bond donors (Lipinski definition) is 1. The van der Waals surface area contributed by atoms with Crippen molar-refractivity contribution in [1.82, 2.24) is 5.32 Å². The Balaban J connectivity index is 1.67. The van der Waals surface area contributed by atoms with Gasteiger partial charge in [0, 0.05) is 19.2 Å². The smallest absolute Gasteiger partial charge is 0.0933 e. The van der Waals surface area contributed by atoms with E-state index < -0.39 is 0 Å². The predicted molar refractivity (Wildman–Crippen MR) is 66.2 cm³/mol. The van der Waals surface area contributed by atoms with Gasteiger partial charge in [0.25, 0.3) is 0 Å². The van der Waals surface area contributed by atoms with Crippen LogP contribution < -0.4 is 5.32 Å². The Bertz CT molecular complexity index is 217. The highest BCUT2D eigenvalue weighted by Gasteiger charge is 2.25. The third-order valence-corrected chi connectivity index (χ3v) is 3.58. The quantitative estimate of drug-likeness (QED) is 0.805. The zero-order valence-corrected chi connectivity index (χ0v) is 11.0. The monoisotopic (exact) mass is 243 g/mol. The molecule has 2 aliphatic rings. The van der Waals surface area contributed by atoms with Crippen molar-refractivity contribution < 1.29 is 14.2 Å². The zero-order valence-electron chi connectivity index (χ0n) is 11.0. The molecule has 2 aliphatic heterocycles. The number of hydrogen-bond acceptors (Lipinski definition) is 4. The van der Waals surface area contributed by atoms with Gasteiger partial charge < -0.3 is 19.5 Å². The van der Waals surface area contributed by atoms with Crippen LogP contribution in [-0.2, 0) is 14.2 Å². The van der Waals surface area contributed by atoms with Gasteiger partial charge in [-0.1, -0.05) is 13.8 Å². The van der Waals surface area contributed by atoms with E-state index in [1.54, 1.807) is 0 Å². The van der Waals surface area contributed by atoms with Crippen LogP contribution in [0.15, 0.2) is 0 Å². The van der Waals surface area contributed by atoms with Crippen molar-refractivity contribution in [2.24, 2.45) is 5.92 Å². The van der Waals surface area contributed by atoms with E-state index in [4.69, 9.17) is 14.2 Å². The van der Waals surface area contributed by atoms with Crippen LogP contribution in [0.1, 0.15) is 26.7 Å². The molecule has 2 saturated heterocycles. The van der Waals surface area contributed by atoms with Crippen molar-refractivity contribution in [3.8, 4) is 0 Å². The molecule has 1 N–H and O–H groups in total. The van der Waals surface area contributed by atoms with Crippen molar-refractivity contribution in [3.05, 3.63) is 0 Å². The summed E-state index contributed by atoms with van der Waals surface area (Å²) in [5.74, 6) is 0.605. The fraction of sp³-hybridized carbons (Fsp3) is 1.00. The Morgan fingerprint density at radius 3 is 2.76 bits per heavy atom. The highest BCUT2D eigenvalue weighted by Crippen LogP contribution is 2.20. The summed E-state index contributed by atoms with van der Waals surface area (Å²) in [6, 6.07) is 0.571. The van der Waals surface area contributed by atoms with Gasteiger partial charge in [0.2, 0.25) is 0 Å². The molecule has 0 aromatic heterocycles. The molecule has 2 rings (SSSR count). The molecule has 2 heterocycles. The van der Waals surface area contributed by atoms with Gasteiger partial charge in [-0.15, -0.1) is 0 Å². The molecule has 0 aromatic rings. The number of nitrogens with one attached hydrogen (secondary N) is 1. The molecule has 100 valence electrons. The second kappa shape index (κ2) is 6.69. The van der Waals surface area contributed by atoms with E-state index in [2.05, 4.69) is 19.2 Å². The summed E-state index contributed by atoms with van der Waals surface area (Å²) in [7, 11) is 0. The molecule has 0 saturated carbocycles. The average molecular weight is 243 g/mol. The minimum absolute atomic E-state index is 0.226. The van der Waals surface area contributed by atoms with Gasteiger partial charge in [-0.2, -0.15) is 0 Å². The van der Waals surface area contributed by atoms with Gasteiger partial charge in [-0.05, 0) is 18.8 Å². The lowest BCUT2D eigenvalue weighted by molar-refractivity contribution is -0.0894. The molecule has 0 amide bonds. The van der Waals surface area contributed by atoms with Crippen molar-refractivity contribution in [1.29, 1.82) is 0 Å². The van der Waals surface area contributed by atoms with Crippen LogP contribution in [0.5, 0.6) is 0 Å². The van der Waals surface area contributed by atoms with Crippen LogP contribution in [0.4, 0.5) is 0 Å². The molecule has 0 bridgehead atoms. The topological polar surface area (TPSA) is 39.7 Å². The average Bonchev–Trinajstić information content (AvgIpc) is 2.38. The Morgan fingerprint density at radius 2 is 2.06 bits per heavy atom. The van der Waals surface area contributed by atoms with Crippen molar-refractivity contribution in [2.75, 3.05) is 33.0 Å². The molecule has 2 fully saturated rings. The summed E-state index contributed by atoms with van der Waals surface area (Å²) in [5, 5.41) is 3.59. The summed E-state index contributed by atoms with van der Waals surface area (Å²) in [4.78, 5) is 0. The first kappa shape index (κ1) is 13.3. The molecule has 0 aliphatic carbocycles.